The number of nitrogens with two attached hydrogens (primary N) is 3. The lowest BCUT2D eigenvalue weighted by atomic mass is 9.97. The molecule has 0 aliphatic heterocycles. The molecule has 0 saturated heterocycles. The molecule has 110 valence electrons. The molecule has 21 heavy (non-hydrogen) atoms. The van der Waals surface area contributed by atoms with Crippen LogP contribution < -0.4 is 22.3 Å². The molecule has 0 aromatic heterocycles. The Morgan fingerprint density at radius 1 is 1.24 bits per heavy atom. The molecule has 0 spiro atoms. The van der Waals surface area contributed by atoms with E-state index in [0.717, 1.165) is 11.1 Å². The molecule has 0 saturated carbocycles. The first-order valence-electron chi connectivity index (χ1n) is 6.54. The van der Waals surface area contributed by atoms with Crippen molar-refractivity contribution in [1.29, 1.82) is 0 Å². The molecule has 0 fully saturated rings. The summed E-state index contributed by atoms with van der Waals surface area (Å²) in [5.41, 5.74) is 10.7. The van der Waals surface area contributed by atoms with Crippen LogP contribution in [-0.4, -0.2) is 12.5 Å². The van der Waals surface area contributed by atoms with E-state index in [1.54, 1.807) is 12.1 Å². The second-order valence-electron chi connectivity index (χ2n) is 4.67. The van der Waals surface area contributed by atoms with Gasteiger partial charge < -0.3 is 11.1 Å². The quantitative estimate of drug-likeness (QED) is 0.281. The van der Waals surface area contributed by atoms with Gasteiger partial charge in [-0.2, -0.15) is 0 Å². The van der Waals surface area contributed by atoms with Crippen LogP contribution in [0.3, 0.4) is 0 Å². The normalized spacial score (nSPS) is 11.9. The average molecular weight is 306 g/mol. The molecule has 7 N–H and O–H groups in total. The van der Waals surface area contributed by atoms with Crippen molar-refractivity contribution < 1.29 is 10.1 Å². The minimum Gasteiger partial charge on any atom is -0.398 e. The van der Waals surface area contributed by atoms with Gasteiger partial charge in [-0.1, -0.05) is 41.9 Å². The molecular formula is C15H18ClN4O+. The molecule has 2 rings (SSSR count). The van der Waals surface area contributed by atoms with Gasteiger partial charge in [0.25, 0.3) is 5.91 Å². The minimum absolute atomic E-state index is 0.123. The van der Waals surface area contributed by atoms with Crippen LogP contribution in [0.25, 0.3) is 0 Å². The number of anilines is 1. The number of halogens is 1. The van der Waals surface area contributed by atoms with Crippen LogP contribution in [0.15, 0.2) is 48.5 Å². The maximum atomic E-state index is 11.4. The highest BCUT2D eigenvalue weighted by atomic mass is 35.5. The van der Waals surface area contributed by atoms with E-state index in [0.29, 0.717) is 10.7 Å². The van der Waals surface area contributed by atoms with Crippen molar-refractivity contribution in [2.45, 2.75) is 6.04 Å². The number of nitrogens with one attached hydrogen (secondary N) is 1. The van der Waals surface area contributed by atoms with Crippen LogP contribution in [0, 0.1) is 0 Å². The van der Waals surface area contributed by atoms with Crippen molar-refractivity contribution in [3.05, 3.63) is 64.7 Å². The van der Waals surface area contributed by atoms with Crippen molar-refractivity contribution in [3.8, 4) is 0 Å². The smallest absolute Gasteiger partial charge is 0.288 e. The zero-order valence-electron chi connectivity index (χ0n) is 11.4. The lowest BCUT2D eigenvalue weighted by molar-refractivity contribution is -0.676. The van der Waals surface area contributed by atoms with Gasteiger partial charge in [-0.05, 0) is 18.2 Å². The highest BCUT2D eigenvalue weighted by Gasteiger charge is 2.21. The number of hydrogen-bond donors (Lipinski definition) is 4. The maximum Gasteiger partial charge on any atom is 0.288 e. The summed E-state index contributed by atoms with van der Waals surface area (Å²) in [4.78, 5) is 11.4. The summed E-state index contributed by atoms with van der Waals surface area (Å²) in [5.74, 6) is 4.87. The third kappa shape index (κ3) is 3.95. The molecule has 0 aliphatic rings. The molecule has 2 aromatic carbocycles. The number of quaternary nitrogens is 1. The standard InChI is InChI=1S/C15H17ClN4O/c16-11-6-7-13(17)12(8-11)15(19-9-14(21)20-18)10-4-2-1-3-5-10/h1-8,15,19H,9,17-18H2,(H,20,21)/p+1/t15-/m0/s1. The molecule has 2 aromatic rings. The van der Waals surface area contributed by atoms with E-state index in [4.69, 9.17) is 23.2 Å². The second-order valence-corrected chi connectivity index (χ2v) is 5.11. The molecule has 0 heterocycles. The van der Waals surface area contributed by atoms with Gasteiger partial charge >= 0.3 is 0 Å². The number of nitrogen functional groups attached to an aromatic ring is 1. The Kier molecular flexibility index (Phi) is 5.16. The summed E-state index contributed by atoms with van der Waals surface area (Å²) in [6, 6.07) is 15.0. The molecule has 0 aliphatic carbocycles. The Labute approximate surface area is 128 Å². The molecule has 1 amide bonds. The Bertz CT molecular complexity index is 618. The number of hydrazine groups is 1. The predicted octanol–water partition coefficient (Wildman–Crippen LogP) is 0.565. The summed E-state index contributed by atoms with van der Waals surface area (Å²) in [6.45, 7) is 0.196. The highest BCUT2D eigenvalue weighted by Crippen LogP contribution is 2.26. The van der Waals surface area contributed by atoms with E-state index in [2.05, 4.69) is 5.43 Å². The second kappa shape index (κ2) is 7.08. The van der Waals surface area contributed by atoms with Crippen LogP contribution in [-0.2, 0) is 4.79 Å². The van der Waals surface area contributed by atoms with E-state index < -0.39 is 0 Å². The zero-order valence-corrected chi connectivity index (χ0v) is 12.2. The minimum atomic E-state index is -0.253. The van der Waals surface area contributed by atoms with Crippen LogP contribution in [0.4, 0.5) is 5.69 Å². The largest absolute Gasteiger partial charge is 0.398 e. The first-order valence-corrected chi connectivity index (χ1v) is 6.92. The van der Waals surface area contributed by atoms with E-state index in [-0.39, 0.29) is 18.5 Å². The fourth-order valence-electron chi connectivity index (χ4n) is 2.20. The van der Waals surface area contributed by atoms with Crippen molar-refractivity contribution in [3.63, 3.8) is 0 Å². The van der Waals surface area contributed by atoms with Gasteiger partial charge in [0.05, 0.1) is 0 Å². The van der Waals surface area contributed by atoms with Crippen LogP contribution in [0.5, 0.6) is 0 Å². The van der Waals surface area contributed by atoms with E-state index in [1.807, 2.05) is 41.7 Å². The van der Waals surface area contributed by atoms with Gasteiger partial charge in [0.1, 0.15) is 6.04 Å². The van der Waals surface area contributed by atoms with E-state index >= 15 is 0 Å². The Morgan fingerprint density at radius 2 is 1.95 bits per heavy atom. The van der Waals surface area contributed by atoms with Gasteiger partial charge in [-0.25, -0.2) is 5.84 Å². The first kappa shape index (κ1) is 15.3. The van der Waals surface area contributed by atoms with Crippen molar-refractivity contribution >= 4 is 23.2 Å². The number of hydrogen-bond acceptors (Lipinski definition) is 3. The Hall–Kier alpha value is -2.08. The fourth-order valence-corrected chi connectivity index (χ4v) is 2.38. The topological polar surface area (TPSA) is 97.7 Å². The Balaban J connectivity index is 2.35. The van der Waals surface area contributed by atoms with Crippen molar-refractivity contribution in [2.75, 3.05) is 12.3 Å². The lowest BCUT2D eigenvalue weighted by Crippen LogP contribution is -2.88. The van der Waals surface area contributed by atoms with Gasteiger partial charge in [-0.3, -0.25) is 10.2 Å². The van der Waals surface area contributed by atoms with E-state index in [1.165, 1.54) is 0 Å². The van der Waals surface area contributed by atoms with Gasteiger partial charge in [0.2, 0.25) is 0 Å². The summed E-state index contributed by atoms with van der Waals surface area (Å²) in [5, 5.41) is 2.48. The number of rotatable bonds is 5. The van der Waals surface area contributed by atoms with Gasteiger partial charge in [0, 0.05) is 21.8 Å². The van der Waals surface area contributed by atoms with Crippen molar-refractivity contribution in [2.24, 2.45) is 5.84 Å². The average Bonchev–Trinajstić information content (AvgIpc) is 2.51. The summed E-state index contributed by atoms with van der Waals surface area (Å²) in [7, 11) is 0. The predicted molar refractivity (Wildman–Crippen MR) is 83.3 cm³/mol. The van der Waals surface area contributed by atoms with Gasteiger partial charge in [0.15, 0.2) is 6.54 Å². The monoisotopic (exact) mass is 305 g/mol. The van der Waals surface area contributed by atoms with Crippen LogP contribution in [0.2, 0.25) is 5.02 Å². The Morgan fingerprint density at radius 3 is 2.62 bits per heavy atom. The maximum absolute atomic E-state index is 11.4. The molecular weight excluding hydrogens is 288 g/mol. The van der Waals surface area contributed by atoms with Crippen molar-refractivity contribution in [1.82, 2.24) is 5.43 Å². The van der Waals surface area contributed by atoms with Crippen LogP contribution >= 0.6 is 11.6 Å². The highest BCUT2D eigenvalue weighted by molar-refractivity contribution is 6.30. The number of carbonyl (C=O) groups excluding carboxylic acids is 1. The van der Waals surface area contributed by atoms with E-state index in [9.17, 15) is 4.79 Å². The van der Waals surface area contributed by atoms with Gasteiger partial charge in [-0.15, -0.1) is 0 Å². The lowest BCUT2D eigenvalue weighted by Gasteiger charge is -2.18. The molecule has 0 bridgehead atoms. The third-order valence-electron chi connectivity index (χ3n) is 3.24. The molecule has 0 radical (unpaired) electrons. The molecule has 1 atom stereocenters. The first-order chi connectivity index (χ1) is 10.1. The third-order valence-corrected chi connectivity index (χ3v) is 3.48. The number of benzene rings is 2. The number of amides is 1. The fraction of sp³-hybridized carbons (Fsp3) is 0.133. The molecule has 6 heteroatoms. The summed E-state index contributed by atoms with van der Waals surface area (Å²) < 4.78 is 0. The summed E-state index contributed by atoms with van der Waals surface area (Å²) >= 11 is 6.07. The zero-order chi connectivity index (χ0) is 15.2. The SMILES string of the molecule is NNC(=O)C[NH2+][C@@H](c1ccccc1)c1cc(Cl)ccc1N. The molecule has 0 unspecified atom stereocenters. The number of carbonyl (C=O) groups is 1. The van der Waals surface area contributed by atoms with Crippen LogP contribution in [0.1, 0.15) is 17.2 Å². The molecule has 5 nitrogen and oxygen atoms in total. The summed E-state index contributed by atoms with van der Waals surface area (Å²) in [6.07, 6.45) is 0.